The van der Waals surface area contributed by atoms with Gasteiger partial charge >= 0.3 is 0 Å². The standard InChI is InChI=1S/C19H24N8OS/c1-13-5-7-14(8-6-13)16-22-25-19(29)27(16)12-9-15(28)20-17-21-18(24-23-17)26-10-3-2-4-11-26/h5-8H,2-4,9-12H2,1H3,(H,25,29)(H2,20,21,23,24,28). The third-order valence-electron chi connectivity index (χ3n) is 5.00. The molecule has 3 N–H and O–H groups in total. The fourth-order valence-electron chi connectivity index (χ4n) is 3.40. The molecule has 0 aliphatic carbocycles. The van der Waals surface area contributed by atoms with Gasteiger partial charge in [-0.25, -0.2) is 5.10 Å². The normalized spacial score (nSPS) is 14.2. The molecule has 152 valence electrons. The number of benzene rings is 1. The molecular weight excluding hydrogens is 388 g/mol. The van der Waals surface area contributed by atoms with Crippen molar-refractivity contribution in [3.05, 3.63) is 34.6 Å². The van der Waals surface area contributed by atoms with Crippen LogP contribution in [0.2, 0.25) is 0 Å². The van der Waals surface area contributed by atoms with Crippen LogP contribution in [0, 0.1) is 11.7 Å². The van der Waals surface area contributed by atoms with Crippen LogP contribution in [0.15, 0.2) is 24.3 Å². The van der Waals surface area contributed by atoms with Crippen LogP contribution in [0.4, 0.5) is 11.9 Å². The Morgan fingerprint density at radius 1 is 1.14 bits per heavy atom. The molecule has 1 aromatic carbocycles. The maximum absolute atomic E-state index is 12.4. The molecule has 1 aliphatic heterocycles. The molecule has 3 heterocycles. The number of aromatic nitrogens is 6. The molecule has 1 aliphatic rings. The zero-order valence-electron chi connectivity index (χ0n) is 16.3. The number of nitrogens with zero attached hydrogens (tertiary/aromatic N) is 5. The van der Waals surface area contributed by atoms with Crippen LogP contribution in [-0.2, 0) is 11.3 Å². The topological polar surface area (TPSA) is 108 Å². The zero-order chi connectivity index (χ0) is 20.2. The minimum absolute atomic E-state index is 0.163. The van der Waals surface area contributed by atoms with Gasteiger partial charge in [0.2, 0.25) is 17.8 Å². The first-order chi connectivity index (χ1) is 14.1. The number of H-pyrrole nitrogens is 2. The number of hydrogen-bond donors (Lipinski definition) is 3. The van der Waals surface area contributed by atoms with Gasteiger partial charge in [-0.1, -0.05) is 29.8 Å². The van der Waals surface area contributed by atoms with Crippen LogP contribution in [0.3, 0.4) is 0 Å². The van der Waals surface area contributed by atoms with Crippen molar-refractivity contribution in [2.24, 2.45) is 0 Å². The van der Waals surface area contributed by atoms with E-state index >= 15 is 0 Å². The molecule has 0 saturated carbocycles. The monoisotopic (exact) mass is 412 g/mol. The summed E-state index contributed by atoms with van der Waals surface area (Å²) in [5.41, 5.74) is 2.12. The zero-order valence-corrected chi connectivity index (χ0v) is 17.1. The van der Waals surface area contributed by atoms with E-state index in [1.807, 2.05) is 35.8 Å². The Bertz CT molecular complexity index is 1030. The molecule has 0 atom stereocenters. The maximum atomic E-state index is 12.4. The van der Waals surface area contributed by atoms with E-state index in [1.165, 1.54) is 12.0 Å². The van der Waals surface area contributed by atoms with Crippen LogP contribution in [0.1, 0.15) is 31.2 Å². The Hall–Kier alpha value is -3.01. The van der Waals surface area contributed by atoms with Crippen molar-refractivity contribution in [2.75, 3.05) is 23.3 Å². The van der Waals surface area contributed by atoms with Gasteiger partial charge in [-0.15, -0.1) is 5.10 Å². The number of carbonyl (C=O) groups excluding carboxylic acids is 1. The van der Waals surface area contributed by atoms with Gasteiger partial charge in [-0.2, -0.15) is 10.1 Å². The van der Waals surface area contributed by atoms with Gasteiger partial charge in [-0.05, 0) is 38.4 Å². The molecule has 0 spiro atoms. The third-order valence-corrected chi connectivity index (χ3v) is 5.31. The highest BCUT2D eigenvalue weighted by atomic mass is 32.1. The van der Waals surface area contributed by atoms with Gasteiger partial charge in [0, 0.05) is 31.6 Å². The average molecular weight is 413 g/mol. The summed E-state index contributed by atoms with van der Waals surface area (Å²) in [6.45, 7) is 4.35. The van der Waals surface area contributed by atoms with Crippen molar-refractivity contribution >= 4 is 30.0 Å². The van der Waals surface area contributed by atoms with Gasteiger partial charge in [0.1, 0.15) is 0 Å². The second kappa shape index (κ2) is 8.56. The Morgan fingerprint density at radius 2 is 1.90 bits per heavy atom. The summed E-state index contributed by atoms with van der Waals surface area (Å²) < 4.78 is 2.32. The molecule has 4 rings (SSSR count). The first-order valence-electron chi connectivity index (χ1n) is 9.79. The van der Waals surface area contributed by atoms with Crippen molar-refractivity contribution in [1.82, 2.24) is 29.9 Å². The van der Waals surface area contributed by atoms with Crippen molar-refractivity contribution in [3.8, 4) is 11.4 Å². The summed E-state index contributed by atoms with van der Waals surface area (Å²) in [6, 6.07) is 8.03. The lowest BCUT2D eigenvalue weighted by Crippen LogP contribution is -2.30. The predicted molar refractivity (Wildman–Crippen MR) is 113 cm³/mol. The number of amides is 1. The van der Waals surface area contributed by atoms with Gasteiger partial charge < -0.3 is 4.90 Å². The number of hydrogen-bond acceptors (Lipinski definition) is 6. The summed E-state index contributed by atoms with van der Waals surface area (Å²) in [5, 5.41) is 16.9. The highest BCUT2D eigenvalue weighted by Gasteiger charge is 2.16. The first kappa shape index (κ1) is 19.3. The summed E-state index contributed by atoms with van der Waals surface area (Å²) in [4.78, 5) is 18.9. The fourth-order valence-corrected chi connectivity index (χ4v) is 3.62. The van der Waals surface area contributed by atoms with Crippen LogP contribution < -0.4 is 10.2 Å². The summed E-state index contributed by atoms with van der Waals surface area (Å²) in [7, 11) is 0. The number of piperidine rings is 1. The SMILES string of the molecule is Cc1ccc(-c2n[nH]c(=S)n2CCC(=O)Nc2nc(N3CCCCC3)n[nH]2)cc1. The molecule has 3 aromatic rings. The fraction of sp³-hybridized carbons (Fsp3) is 0.421. The van der Waals surface area contributed by atoms with Crippen LogP contribution >= 0.6 is 12.2 Å². The van der Waals surface area contributed by atoms with E-state index in [0.717, 1.165) is 37.3 Å². The van der Waals surface area contributed by atoms with Crippen molar-refractivity contribution in [2.45, 2.75) is 39.2 Å². The predicted octanol–water partition coefficient (Wildman–Crippen LogP) is 3.05. The van der Waals surface area contributed by atoms with E-state index in [9.17, 15) is 4.79 Å². The third kappa shape index (κ3) is 4.53. The molecule has 0 bridgehead atoms. The summed E-state index contributed by atoms with van der Waals surface area (Å²) >= 11 is 5.34. The Morgan fingerprint density at radius 3 is 2.66 bits per heavy atom. The molecule has 10 heteroatoms. The smallest absolute Gasteiger partial charge is 0.246 e. The lowest BCUT2D eigenvalue weighted by Gasteiger charge is -2.24. The van der Waals surface area contributed by atoms with Gasteiger partial charge in [0.25, 0.3) is 0 Å². The molecule has 1 saturated heterocycles. The van der Waals surface area contributed by atoms with Crippen LogP contribution in [0.25, 0.3) is 11.4 Å². The van der Waals surface area contributed by atoms with E-state index in [0.29, 0.717) is 23.2 Å². The second-order valence-corrected chi connectivity index (χ2v) is 7.59. The van der Waals surface area contributed by atoms with Gasteiger partial charge in [-0.3, -0.25) is 19.8 Å². The summed E-state index contributed by atoms with van der Waals surface area (Å²) in [5.74, 6) is 1.56. The highest BCUT2D eigenvalue weighted by molar-refractivity contribution is 7.71. The Balaban J connectivity index is 1.38. The minimum Gasteiger partial charge on any atom is -0.340 e. The quantitative estimate of drug-likeness (QED) is 0.537. The molecule has 0 radical (unpaired) electrons. The number of nitrogens with one attached hydrogen (secondary N) is 3. The minimum atomic E-state index is -0.163. The first-order valence-corrected chi connectivity index (χ1v) is 10.2. The molecule has 2 aromatic heterocycles. The molecule has 1 fully saturated rings. The van der Waals surface area contributed by atoms with E-state index in [1.54, 1.807) is 0 Å². The molecule has 1 amide bonds. The van der Waals surface area contributed by atoms with E-state index < -0.39 is 0 Å². The molecule has 9 nitrogen and oxygen atoms in total. The van der Waals surface area contributed by atoms with Crippen LogP contribution in [0.5, 0.6) is 0 Å². The largest absolute Gasteiger partial charge is 0.340 e. The maximum Gasteiger partial charge on any atom is 0.246 e. The number of aromatic amines is 2. The van der Waals surface area contributed by atoms with Gasteiger partial charge in [0.15, 0.2) is 10.6 Å². The van der Waals surface area contributed by atoms with Crippen molar-refractivity contribution in [3.63, 3.8) is 0 Å². The summed E-state index contributed by atoms with van der Waals surface area (Å²) in [6.07, 6.45) is 3.77. The lowest BCUT2D eigenvalue weighted by atomic mass is 10.1. The lowest BCUT2D eigenvalue weighted by molar-refractivity contribution is -0.116. The van der Waals surface area contributed by atoms with Crippen LogP contribution in [-0.4, -0.2) is 48.9 Å². The molecule has 29 heavy (non-hydrogen) atoms. The number of anilines is 2. The average Bonchev–Trinajstić information content (AvgIpc) is 3.34. The molecule has 0 unspecified atom stereocenters. The highest BCUT2D eigenvalue weighted by Crippen LogP contribution is 2.19. The van der Waals surface area contributed by atoms with Crippen molar-refractivity contribution < 1.29 is 4.79 Å². The Kier molecular flexibility index (Phi) is 5.70. The van der Waals surface area contributed by atoms with E-state index in [4.69, 9.17) is 12.2 Å². The number of carbonyl (C=O) groups is 1. The van der Waals surface area contributed by atoms with E-state index in [-0.39, 0.29) is 12.3 Å². The van der Waals surface area contributed by atoms with Crippen molar-refractivity contribution in [1.29, 1.82) is 0 Å². The number of aryl methyl sites for hydroxylation is 1. The Labute approximate surface area is 173 Å². The van der Waals surface area contributed by atoms with E-state index in [2.05, 4.69) is 35.6 Å². The van der Waals surface area contributed by atoms with Gasteiger partial charge in [0.05, 0.1) is 0 Å². The number of rotatable bonds is 6. The molecular formula is C19H24N8OS. The second-order valence-electron chi connectivity index (χ2n) is 7.20.